The van der Waals surface area contributed by atoms with Crippen molar-refractivity contribution < 1.29 is 22.4 Å². The van der Waals surface area contributed by atoms with E-state index in [2.05, 4.69) is 5.16 Å². The lowest BCUT2D eigenvalue weighted by Gasteiger charge is -2.20. The molecule has 1 atom stereocenters. The van der Waals surface area contributed by atoms with E-state index in [1.54, 1.807) is 6.07 Å². The van der Waals surface area contributed by atoms with Crippen LogP contribution in [0, 0.1) is 19.7 Å². The van der Waals surface area contributed by atoms with Crippen LogP contribution < -0.4 is 0 Å². The summed E-state index contributed by atoms with van der Waals surface area (Å²) in [5, 5.41) is 13.7. The molecule has 1 heterocycles. The first kappa shape index (κ1) is 16.6. The molecule has 22 heavy (non-hydrogen) atoms. The first-order valence-electron chi connectivity index (χ1n) is 6.57. The fraction of sp³-hybridized carbons (Fsp3) is 0.357. The lowest BCUT2D eigenvalue weighted by atomic mass is 10.1. The standard InChI is InChI=1S/C14H17FN2O4S/c1-9-14(10(2)21-16-9)22(19,20)17(3)8-13(18)11-6-4-5-7-12(11)15/h4-7,13,18H,8H2,1-3H3. The van der Waals surface area contributed by atoms with Gasteiger partial charge < -0.3 is 9.63 Å². The van der Waals surface area contributed by atoms with Crippen molar-refractivity contribution in [1.29, 1.82) is 0 Å². The van der Waals surface area contributed by atoms with E-state index in [1.807, 2.05) is 0 Å². The Balaban J connectivity index is 2.25. The van der Waals surface area contributed by atoms with Crippen molar-refractivity contribution in [2.24, 2.45) is 0 Å². The number of benzene rings is 1. The van der Waals surface area contributed by atoms with Crippen molar-refractivity contribution >= 4 is 10.0 Å². The normalized spacial score (nSPS) is 13.5. The van der Waals surface area contributed by atoms with Crippen LogP contribution in [0.3, 0.4) is 0 Å². The molecule has 2 rings (SSSR count). The number of sulfonamides is 1. The van der Waals surface area contributed by atoms with Crippen LogP contribution >= 0.6 is 0 Å². The third-order valence-corrected chi connectivity index (χ3v) is 5.40. The lowest BCUT2D eigenvalue weighted by molar-refractivity contribution is 0.150. The minimum Gasteiger partial charge on any atom is -0.387 e. The molecule has 8 heteroatoms. The van der Waals surface area contributed by atoms with Gasteiger partial charge in [0.25, 0.3) is 0 Å². The van der Waals surface area contributed by atoms with Gasteiger partial charge in [0.2, 0.25) is 10.0 Å². The van der Waals surface area contributed by atoms with Gasteiger partial charge in [0.05, 0.1) is 6.10 Å². The SMILES string of the molecule is Cc1noc(C)c1S(=O)(=O)N(C)CC(O)c1ccccc1F. The molecule has 0 spiro atoms. The molecule has 6 nitrogen and oxygen atoms in total. The van der Waals surface area contributed by atoms with Crippen molar-refractivity contribution in [3.05, 3.63) is 47.1 Å². The quantitative estimate of drug-likeness (QED) is 0.904. The first-order valence-corrected chi connectivity index (χ1v) is 8.01. The fourth-order valence-corrected chi connectivity index (χ4v) is 3.64. The number of aliphatic hydroxyl groups excluding tert-OH is 1. The molecule has 1 aromatic carbocycles. The first-order chi connectivity index (χ1) is 10.2. The Bertz CT molecular complexity index is 753. The highest BCUT2D eigenvalue weighted by Gasteiger charge is 2.30. The zero-order chi connectivity index (χ0) is 16.5. The number of aliphatic hydroxyl groups is 1. The van der Waals surface area contributed by atoms with Gasteiger partial charge in [-0.1, -0.05) is 23.4 Å². The van der Waals surface area contributed by atoms with Crippen molar-refractivity contribution in [1.82, 2.24) is 9.46 Å². The number of aryl methyl sites for hydroxylation is 2. The zero-order valence-electron chi connectivity index (χ0n) is 12.4. The third-order valence-electron chi connectivity index (χ3n) is 3.33. The maximum Gasteiger partial charge on any atom is 0.248 e. The van der Waals surface area contributed by atoms with Gasteiger partial charge >= 0.3 is 0 Å². The van der Waals surface area contributed by atoms with E-state index in [1.165, 1.54) is 39.1 Å². The van der Waals surface area contributed by atoms with Crippen LogP contribution in [0.2, 0.25) is 0 Å². The number of halogens is 1. The summed E-state index contributed by atoms with van der Waals surface area (Å²) in [6.07, 6.45) is -1.28. The number of likely N-dealkylation sites (N-methyl/N-ethyl adjacent to an activating group) is 1. The molecule has 0 aliphatic heterocycles. The van der Waals surface area contributed by atoms with Crippen LogP contribution in [-0.2, 0) is 10.0 Å². The zero-order valence-corrected chi connectivity index (χ0v) is 13.3. The molecule has 0 aliphatic carbocycles. The van der Waals surface area contributed by atoms with Gasteiger partial charge in [0.1, 0.15) is 16.4 Å². The topological polar surface area (TPSA) is 83.6 Å². The monoisotopic (exact) mass is 328 g/mol. The van der Waals surface area contributed by atoms with E-state index < -0.39 is 21.9 Å². The van der Waals surface area contributed by atoms with Gasteiger partial charge in [-0.15, -0.1) is 0 Å². The van der Waals surface area contributed by atoms with Gasteiger partial charge in [-0.2, -0.15) is 4.31 Å². The van der Waals surface area contributed by atoms with Crippen molar-refractivity contribution in [3.8, 4) is 0 Å². The van der Waals surface area contributed by atoms with E-state index in [4.69, 9.17) is 4.52 Å². The minimum absolute atomic E-state index is 0.0317. The van der Waals surface area contributed by atoms with Crippen molar-refractivity contribution in [2.75, 3.05) is 13.6 Å². The molecule has 0 bridgehead atoms. The average Bonchev–Trinajstić information content (AvgIpc) is 2.78. The Morgan fingerprint density at radius 2 is 2.00 bits per heavy atom. The van der Waals surface area contributed by atoms with Gasteiger partial charge in [0, 0.05) is 19.2 Å². The lowest BCUT2D eigenvalue weighted by Crippen LogP contribution is -2.32. The Morgan fingerprint density at radius 3 is 2.55 bits per heavy atom. The summed E-state index contributed by atoms with van der Waals surface area (Å²) in [5.74, 6) is -0.414. The van der Waals surface area contributed by atoms with Gasteiger partial charge in [-0.25, -0.2) is 12.8 Å². The number of nitrogens with zero attached hydrogens (tertiary/aromatic N) is 2. The molecule has 0 aliphatic rings. The predicted molar refractivity (Wildman–Crippen MR) is 77.2 cm³/mol. The fourth-order valence-electron chi connectivity index (χ4n) is 2.18. The second-order valence-electron chi connectivity index (χ2n) is 4.98. The van der Waals surface area contributed by atoms with Crippen molar-refractivity contribution in [3.63, 3.8) is 0 Å². The molecule has 120 valence electrons. The second kappa shape index (κ2) is 6.15. The largest absolute Gasteiger partial charge is 0.387 e. The summed E-state index contributed by atoms with van der Waals surface area (Å²) < 4.78 is 44.5. The van der Waals surface area contributed by atoms with E-state index in [-0.39, 0.29) is 28.5 Å². The molecule has 0 fully saturated rings. The van der Waals surface area contributed by atoms with E-state index in [0.717, 1.165) is 4.31 Å². The molecule has 0 saturated carbocycles. The Labute approximate surface area is 128 Å². The number of hydrogen-bond donors (Lipinski definition) is 1. The Hall–Kier alpha value is -1.77. The smallest absolute Gasteiger partial charge is 0.248 e. The van der Waals surface area contributed by atoms with Crippen LogP contribution in [0.5, 0.6) is 0 Å². The summed E-state index contributed by atoms with van der Waals surface area (Å²) in [5.41, 5.74) is 0.285. The van der Waals surface area contributed by atoms with E-state index in [0.29, 0.717) is 0 Å². The molecular formula is C14H17FN2O4S. The van der Waals surface area contributed by atoms with Gasteiger partial charge in [0.15, 0.2) is 5.76 Å². The predicted octanol–water partition coefficient (Wildman–Crippen LogP) is 1.78. The Kier molecular flexibility index (Phi) is 4.64. The summed E-state index contributed by atoms with van der Waals surface area (Å²) in [7, 11) is -2.57. The van der Waals surface area contributed by atoms with Crippen LogP contribution in [0.25, 0.3) is 0 Å². The number of aromatic nitrogens is 1. The second-order valence-corrected chi connectivity index (χ2v) is 6.96. The summed E-state index contributed by atoms with van der Waals surface area (Å²) in [6.45, 7) is 2.73. The summed E-state index contributed by atoms with van der Waals surface area (Å²) >= 11 is 0. The van der Waals surface area contributed by atoms with Crippen LogP contribution in [0.15, 0.2) is 33.7 Å². The number of hydrogen-bond acceptors (Lipinski definition) is 5. The number of rotatable bonds is 5. The van der Waals surface area contributed by atoms with Crippen LogP contribution in [0.4, 0.5) is 4.39 Å². The molecule has 0 radical (unpaired) electrons. The molecule has 1 aromatic heterocycles. The molecular weight excluding hydrogens is 311 g/mol. The highest BCUT2D eigenvalue weighted by atomic mass is 32.2. The molecule has 0 saturated heterocycles. The van der Waals surface area contributed by atoms with Crippen LogP contribution in [-0.4, -0.2) is 36.6 Å². The minimum atomic E-state index is -3.88. The third kappa shape index (κ3) is 3.03. The molecule has 0 amide bonds. The summed E-state index contributed by atoms with van der Waals surface area (Å²) in [6, 6.07) is 5.69. The average molecular weight is 328 g/mol. The highest BCUT2D eigenvalue weighted by Crippen LogP contribution is 2.25. The molecule has 1 N–H and O–H groups in total. The molecule has 2 aromatic rings. The highest BCUT2D eigenvalue weighted by molar-refractivity contribution is 7.89. The Morgan fingerprint density at radius 1 is 1.36 bits per heavy atom. The van der Waals surface area contributed by atoms with Gasteiger partial charge in [-0.05, 0) is 19.9 Å². The van der Waals surface area contributed by atoms with Crippen LogP contribution in [0.1, 0.15) is 23.1 Å². The molecule has 1 unspecified atom stereocenters. The maximum absolute atomic E-state index is 13.6. The maximum atomic E-state index is 13.6. The summed E-state index contributed by atoms with van der Waals surface area (Å²) in [4.78, 5) is -0.0317. The van der Waals surface area contributed by atoms with E-state index in [9.17, 15) is 17.9 Å². The van der Waals surface area contributed by atoms with Crippen molar-refractivity contribution in [2.45, 2.75) is 24.8 Å². The van der Waals surface area contributed by atoms with E-state index >= 15 is 0 Å². The van der Waals surface area contributed by atoms with Gasteiger partial charge in [-0.3, -0.25) is 0 Å².